The van der Waals surface area contributed by atoms with Gasteiger partial charge in [-0.1, -0.05) is 6.07 Å². The zero-order valence-corrected chi connectivity index (χ0v) is 13.7. The summed E-state index contributed by atoms with van der Waals surface area (Å²) in [6.45, 7) is 5.85. The van der Waals surface area contributed by atoms with Crippen LogP contribution in [-0.2, 0) is 9.59 Å². The van der Waals surface area contributed by atoms with Crippen LogP contribution in [0.5, 0.6) is 5.75 Å². The van der Waals surface area contributed by atoms with Crippen LogP contribution in [0, 0.1) is 0 Å². The molecule has 3 rings (SSSR count). The second-order valence-corrected chi connectivity index (χ2v) is 6.08. The Bertz CT molecular complexity index is 597. The fourth-order valence-electron chi connectivity index (χ4n) is 3.54. The number of benzene rings is 1. The average molecular weight is 318 g/mol. The van der Waals surface area contributed by atoms with Crippen molar-refractivity contribution >= 4 is 17.5 Å². The molecule has 0 aliphatic carbocycles. The van der Waals surface area contributed by atoms with Crippen molar-refractivity contribution in [3.8, 4) is 5.75 Å². The maximum absolute atomic E-state index is 12.3. The molecular formula is C17H24N3O3+. The molecule has 1 atom stereocenters. The van der Waals surface area contributed by atoms with Crippen LogP contribution in [0.15, 0.2) is 24.3 Å². The lowest BCUT2D eigenvalue weighted by Gasteiger charge is -2.35. The van der Waals surface area contributed by atoms with Gasteiger partial charge in [0.2, 0.25) is 5.91 Å². The van der Waals surface area contributed by atoms with E-state index < -0.39 is 0 Å². The molecule has 0 unspecified atom stereocenters. The summed E-state index contributed by atoms with van der Waals surface area (Å²) in [6, 6.07) is 7.86. The smallest absolute Gasteiger partial charge is 0.288 e. The molecule has 23 heavy (non-hydrogen) atoms. The highest BCUT2D eigenvalue weighted by Crippen LogP contribution is 2.21. The molecule has 6 nitrogen and oxygen atoms in total. The minimum Gasteiger partial charge on any atom is -0.497 e. The van der Waals surface area contributed by atoms with Crippen LogP contribution in [0.25, 0.3) is 0 Å². The van der Waals surface area contributed by atoms with Crippen molar-refractivity contribution in [2.45, 2.75) is 19.4 Å². The van der Waals surface area contributed by atoms with Crippen LogP contribution in [0.3, 0.4) is 0 Å². The van der Waals surface area contributed by atoms with Gasteiger partial charge in [-0.25, -0.2) is 0 Å². The van der Waals surface area contributed by atoms with Gasteiger partial charge in [0.15, 0.2) is 6.04 Å². The molecule has 1 aromatic carbocycles. The summed E-state index contributed by atoms with van der Waals surface area (Å²) in [5, 5.41) is 0. The molecule has 6 heteroatoms. The third kappa shape index (κ3) is 3.03. The molecule has 0 bridgehead atoms. The van der Waals surface area contributed by atoms with Gasteiger partial charge in [-0.2, -0.15) is 0 Å². The molecule has 0 spiro atoms. The van der Waals surface area contributed by atoms with E-state index in [-0.39, 0.29) is 17.9 Å². The lowest BCUT2D eigenvalue weighted by molar-refractivity contribution is -0.915. The van der Waals surface area contributed by atoms with E-state index in [0.29, 0.717) is 13.0 Å². The Morgan fingerprint density at radius 3 is 2.61 bits per heavy atom. The fraction of sp³-hybridized carbons (Fsp3) is 0.529. The van der Waals surface area contributed by atoms with Crippen LogP contribution in [0.4, 0.5) is 5.69 Å². The topological polar surface area (TPSA) is 54.3 Å². The number of carbonyl (C=O) groups excluding carboxylic acids is 2. The number of carbonyl (C=O) groups is 2. The Labute approximate surface area is 136 Å². The Morgan fingerprint density at radius 2 is 2.00 bits per heavy atom. The Kier molecular flexibility index (Phi) is 4.52. The molecule has 2 amide bonds. The molecule has 2 saturated heterocycles. The summed E-state index contributed by atoms with van der Waals surface area (Å²) in [4.78, 5) is 29.2. The molecule has 0 aromatic heterocycles. The second-order valence-electron chi connectivity index (χ2n) is 6.08. The first-order chi connectivity index (χ1) is 11.1. The molecule has 1 aromatic rings. The maximum Gasteiger partial charge on any atom is 0.288 e. The Balaban J connectivity index is 1.62. The molecule has 1 N–H and O–H groups in total. The highest BCUT2D eigenvalue weighted by Gasteiger charge is 2.44. The van der Waals surface area contributed by atoms with Gasteiger partial charge in [0, 0.05) is 18.3 Å². The average Bonchev–Trinajstić information content (AvgIpc) is 2.89. The third-order valence-electron chi connectivity index (χ3n) is 4.88. The number of nitrogens with zero attached hydrogens (tertiary/aromatic N) is 2. The Morgan fingerprint density at radius 1 is 1.26 bits per heavy atom. The van der Waals surface area contributed by atoms with Crippen LogP contribution in [-0.4, -0.2) is 62.6 Å². The van der Waals surface area contributed by atoms with E-state index in [4.69, 9.17) is 4.74 Å². The van der Waals surface area contributed by atoms with Crippen LogP contribution >= 0.6 is 0 Å². The predicted molar refractivity (Wildman–Crippen MR) is 86.7 cm³/mol. The number of anilines is 1. The summed E-state index contributed by atoms with van der Waals surface area (Å²) in [7, 11) is 1.67. The number of rotatable bonds is 4. The molecule has 2 aliphatic heterocycles. The van der Waals surface area contributed by atoms with Gasteiger partial charge in [-0.15, -0.1) is 0 Å². The molecule has 2 aliphatic rings. The lowest BCUT2D eigenvalue weighted by Crippen LogP contribution is -3.19. The lowest BCUT2D eigenvalue weighted by atomic mass is 10.1. The molecule has 2 heterocycles. The quantitative estimate of drug-likeness (QED) is 0.764. The summed E-state index contributed by atoms with van der Waals surface area (Å²) >= 11 is 0. The first-order valence-electron chi connectivity index (χ1n) is 8.21. The first kappa shape index (κ1) is 15.8. The van der Waals surface area contributed by atoms with Gasteiger partial charge < -0.3 is 14.5 Å². The molecule has 0 saturated carbocycles. The Hall–Kier alpha value is -2.08. The van der Waals surface area contributed by atoms with Crippen molar-refractivity contribution in [1.29, 1.82) is 0 Å². The van der Waals surface area contributed by atoms with E-state index in [1.165, 1.54) is 9.80 Å². The number of methoxy groups -OCH3 is 1. The van der Waals surface area contributed by atoms with Crippen molar-refractivity contribution in [2.24, 2.45) is 0 Å². The van der Waals surface area contributed by atoms with Gasteiger partial charge in [0.05, 0.1) is 39.7 Å². The van der Waals surface area contributed by atoms with Crippen molar-refractivity contribution in [3.63, 3.8) is 0 Å². The van der Waals surface area contributed by atoms with Crippen LogP contribution < -0.4 is 14.5 Å². The molecule has 0 radical (unpaired) electrons. The summed E-state index contributed by atoms with van der Waals surface area (Å²) in [6.07, 6.45) is 0.362. The van der Waals surface area contributed by atoms with Crippen molar-refractivity contribution in [1.82, 2.24) is 4.90 Å². The third-order valence-corrected chi connectivity index (χ3v) is 4.88. The zero-order chi connectivity index (χ0) is 16.4. The van der Waals surface area contributed by atoms with E-state index in [1.807, 2.05) is 25.1 Å². The van der Waals surface area contributed by atoms with Gasteiger partial charge in [0.25, 0.3) is 5.91 Å². The minimum atomic E-state index is -0.185. The molecule has 2 fully saturated rings. The van der Waals surface area contributed by atoms with E-state index in [9.17, 15) is 9.59 Å². The van der Waals surface area contributed by atoms with Gasteiger partial charge >= 0.3 is 0 Å². The number of likely N-dealkylation sites (tertiary alicyclic amines) is 1. The molecule has 124 valence electrons. The summed E-state index contributed by atoms with van der Waals surface area (Å²) in [5.74, 6) is 0.833. The highest BCUT2D eigenvalue weighted by atomic mass is 16.5. The van der Waals surface area contributed by atoms with Gasteiger partial charge in [-0.05, 0) is 19.1 Å². The van der Waals surface area contributed by atoms with Gasteiger partial charge in [0.1, 0.15) is 5.75 Å². The van der Waals surface area contributed by atoms with Crippen LogP contribution in [0.1, 0.15) is 13.3 Å². The number of quaternary nitrogens is 1. The van der Waals surface area contributed by atoms with Crippen LogP contribution in [0.2, 0.25) is 0 Å². The standard InChI is InChI=1S/C17H23N3O3/c1-3-20-16(21)12-15(17(20)22)19-9-7-18(8-10-19)13-5-4-6-14(11-13)23-2/h4-6,11,15H,3,7-10,12H2,1-2H3/p+1/t15-/m0/s1. The van der Waals surface area contributed by atoms with E-state index in [0.717, 1.165) is 37.6 Å². The normalized spacial score (nSPS) is 22.8. The minimum absolute atomic E-state index is 0.00216. The van der Waals surface area contributed by atoms with E-state index in [2.05, 4.69) is 11.0 Å². The summed E-state index contributed by atoms with van der Waals surface area (Å²) in [5.41, 5.74) is 1.15. The fourth-order valence-corrected chi connectivity index (χ4v) is 3.54. The maximum atomic E-state index is 12.3. The van der Waals surface area contributed by atoms with E-state index in [1.54, 1.807) is 7.11 Å². The number of imide groups is 1. The van der Waals surface area contributed by atoms with Gasteiger partial charge in [-0.3, -0.25) is 14.5 Å². The number of hydrogen-bond acceptors (Lipinski definition) is 4. The zero-order valence-electron chi connectivity index (χ0n) is 13.7. The number of nitrogens with one attached hydrogen (secondary N) is 1. The number of ether oxygens (including phenoxy) is 1. The van der Waals surface area contributed by atoms with Crippen molar-refractivity contribution in [3.05, 3.63) is 24.3 Å². The number of likely N-dealkylation sites (N-methyl/N-ethyl adjacent to an activating group) is 1. The van der Waals surface area contributed by atoms with Crippen molar-refractivity contribution in [2.75, 3.05) is 44.7 Å². The molecular weight excluding hydrogens is 294 g/mol. The number of piperazine rings is 1. The van der Waals surface area contributed by atoms with Crippen molar-refractivity contribution < 1.29 is 19.2 Å². The SMILES string of the molecule is CCN1C(=O)C[C@H]([NH+]2CCN(c3cccc(OC)c3)CC2)C1=O. The summed E-state index contributed by atoms with van der Waals surface area (Å²) < 4.78 is 5.28. The number of amides is 2. The first-order valence-corrected chi connectivity index (χ1v) is 8.21. The monoisotopic (exact) mass is 318 g/mol. The second kappa shape index (κ2) is 6.58. The number of hydrogen-bond donors (Lipinski definition) is 1. The van der Waals surface area contributed by atoms with E-state index >= 15 is 0 Å². The predicted octanol–water partition coefficient (Wildman–Crippen LogP) is -0.452. The highest BCUT2D eigenvalue weighted by molar-refractivity contribution is 6.04. The largest absolute Gasteiger partial charge is 0.497 e.